The molecule has 2 nitrogen and oxygen atoms in total. The normalized spacial score (nSPS) is 22.9. The standard InChI is InChI=1S/C12H26N2/c1-11(2)4-7-14-8-5-12(3,10-13)6-9-14/h11H,4-10,13H2,1-3H3. The molecule has 0 bridgehead atoms. The molecule has 0 aliphatic carbocycles. The van der Waals surface area contributed by atoms with Crippen molar-refractivity contribution in [3.05, 3.63) is 0 Å². The van der Waals surface area contributed by atoms with Crippen molar-refractivity contribution < 1.29 is 0 Å². The Morgan fingerprint density at radius 3 is 2.29 bits per heavy atom. The van der Waals surface area contributed by atoms with Crippen LogP contribution in [0.1, 0.15) is 40.0 Å². The largest absolute Gasteiger partial charge is 0.330 e. The lowest BCUT2D eigenvalue weighted by Gasteiger charge is -2.38. The smallest absolute Gasteiger partial charge is 0.00131 e. The fourth-order valence-electron chi connectivity index (χ4n) is 1.96. The second kappa shape index (κ2) is 5.13. The summed E-state index contributed by atoms with van der Waals surface area (Å²) in [4.78, 5) is 2.59. The van der Waals surface area contributed by atoms with Crippen LogP contribution < -0.4 is 5.73 Å². The van der Waals surface area contributed by atoms with Crippen molar-refractivity contribution in [2.45, 2.75) is 40.0 Å². The number of nitrogens with two attached hydrogens (primary N) is 1. The van der Waals surface area contributed by atoms with Crippen LogP contribution in [0.4, 0.5) is 0 Å². The minimum atomic E-state index is 0.425. The molecule has 0 aromatic heterocycles. The van der Waals surface area contributed by atoms with Crippen LogP contribution in [-0.2, 0) is 0 Å². The van der Waals surface area contributed by atoms with Gasteiger partial charge in [0, 0.05) is 0 Å². The van der Waals surface area contributed by atoms with Gasteiger partial charge < -0.3 is 10.6 Å². The van der Waals surface area contributed by atoms with Crippen LogP contribution in [0.3, 0.4) is 0 Å². The van der Waals surface area contributed by atoms with Crippen molar-refractivity contribution in [2.24, 2.45) is 17.1 Å². The third-order valence-corrected chi connectivity index (χ3v) is 3.58. The molecule has 0 unspecified atom stereocenters. The highest BCUT2D eigenvalue weighted by atomic mass is 15.1. The van der Waals surface area contributed by atoms with E-state index in [-0.39, 0.29) is 0 Å². The Morgan fingerprint density at radius 1 is 1.29 bits per heavy atom. The lowest BCUT2D eigenvalue weighted by atomic mass is 9.80. The van der Waals surface area contributed by atoms with Gasteiger partial charge >= 0.3 is 0 Å². The van der Waals surface area contributed by atoms with Gasteiger partial charge in [-0.05, 0) is 56.8 Å². The summed E-state index contributed by atoms with van der Waals surface area (Å²) in [6.45, 7) is 11.6. The van der Waals surface area contributed by atoms with Gasteiger partial charge in [0.05, 0.1) is 0 Å². The first-order valence-corrected chi connectivity index (χ1v) is 5.98. The van der Waals surface area contributed by atoms with Gasteiger partial charge in [-0.2, -0.15) is 0 Å². The summed E-state index contributed by atoms with van der Waals surface area (Å²) in [5, 5.41) is 0. The Hall–Kier alpha value is -0.0800. The first kappa shape index (κ1) is 12.0. The minimum absolute atomic E-state index is 0.425. The van der Waals surface area contributed by atoms with Gasteiger partial charge in [0.15, 0.2) is 0 Å². The fraction of sp³-hybridized carbons (Fsp3) is 1.00. The first-order valence-electron chi connectivity index (χ1n) is 5.98. The van der Waals surface area contributed by atoms with Gasteiger partial charge in [0.2, 0.25) is 0 Å². The van der Waals surface area contributed by atoms with Gasteiger partial charge in [-0.1, -0.05) is 20.8 Å². The van der Waals surface area contributed by atoms with E-state index in [4.69, 9.17) is 5.73 Å². The molecule has 84 valence electrons. The van der Waals surface area contributed by atoms with E-state index in [0.717, 1.165) is 12.5 Å². The number of piperidine rings is 1. The predicted molar refractivity (Wildman–Crippen MR) is 62.3 cm³/mol. The average Bonchev–Trinajstić information content (AvgIpc) is 2.17. The molecular formula is C12H26N2. The number of nitrogens with zero attached hydrogens (tertiary/aromatic N) is 1. The SMILES string of the molecule is CC(C)CCN1CCC(C)(CN)CC1. The molecule has 1 heterocycles. The van der Waals surface area contributed by atoms with Crippen LogP contribution in [0.15, 0.2) is 0 Å². The Kier molecular flexibility index (Phi) is 4.39. The summed E-state index contributed by atoms with van der Waals surface area (Å²) in [5.41, 5.74) is 6.21. The maximum Gasteiger partial charge on any atom is -0.00131 e. The van der Waals surface area contributed by atoms with Crippen LogP contribution in [0.25, 0.3) is 0 Å². The molecule has 0 atom stereocenters. The Labute approximate surface area is 88.8 Å². The molecule has 0 spiro atoms. The maximum absolute atomic E-state index is 5.79. The number of likely N-dealkylation sites (tertiary alicyclic amines) is 1. The van der Waals surface area contributed by atoms with Crippen LogP contribution >= 0.6 is 0 Å². The third kappa shape index (κ3) is 3.58. The third-order valence-electron chi connectivity index (χ3n) is 3.58. The first-order chi connectivity index (χ1) is 6.56. The molecule has 14 heavy (non-hydrogen) atoms. The monoisotopic (exact) mass is 198 g/mol. The molecular weight excluding hydrogens is 172 g/mol. The lowest BCUT2D eigenvalue weighted by Crippen LogP contribution is -2.42. The van der Waals surface area contributed by atoms with Crippen molar-refractivity contribution in [3.8, 4) is 0 Å². The van der Waals surface area contributed by atoms with E-state index in [9.17, 15) is 0 Å². The Balaban J connectivity index is 2.22. The highest BCUT2D eigenvalue weighted by molar-refractivity contribution is 4.82. The molecule has 0 radical (unpaired) electrons. The van der Waals surface area contributed by atoms with Crippen molar-refractivity contribution in [2.75, 3.05) is 26.2 Å². The van der Waals surface area contributed by atoms with E-state index >= 15 is 0 Å². The summed E-state index contributed by atoms with van der Waals surface area (Å²) in [6, 6.07) is 0. The van der Waals surface area contributed by atoms with E-state index in [1.807, 2.05) is 0 Å². The van der Waals surface area contributed by atoms with E-state index in [0.29, 0.717) is 5.41 Å². The quantitative estimate of drug-likeness (QED) is 0.749. The van der Waals surface area contributed by atoms with Crippen molar-refractivity contribution >= 4 is 0 Å². The predicted octanol–water partition coefficient (Wildman–Crippen LogP) is 2.09. The van der Waals surface area contributed by atoms with Gasteiger partial charge in [-0.15, -0.1) is 0 Å². The lowest BCUT2D eigenvalue weighted by molar-refractivity contribution is 0.120. The molecule has 2 N–H and O–H groups in total. The summed E-state index contributed by atoms with van der Waals surface area (Å²) < 4.78 is 0. The zero-order valence-corrected chi connectivity index (χ0v) is 10.1. The van der Waals surface area contributed by atoms with Gasteiger partial charge in [0.25, 0.3) is 0 Å². The zero-order chi connectivity index (χ0) is 10.6. The number of rotatable bonds is 4. The van der Waals surface area contributed by atoms with Crippen LogP contribution in [0.5, 0.6) is 0 Å². The van der Waals surface area contributed by atoms with Crippen molar-refractivity contribution in [1.29, 1.82) is 0 Å². The molecule has 1 fully saturated rings. The molecule has 0 aromatic rings. The van der Waals surface area contributed by atoms with Crippen molar-refractivity contribution in [3.63, 3.8) is 0 Å². The topological polar surface area (TPSA) is 29.3 Å². The molecule has 0 amide bonds. The molecule has 2 heteroatoms. The Bertz CT molecular complexity index is 158. The second-order valence-corrected chi connectivity index (χ2v) is 5.54. The molecule has 1 saturated heterocycles. The van der Waals surface area contributed by atoms with Gasteiger partial charge in [0.1, 0.15) is 0 Å². The maximum atomic E-state index is 5.79. The van der Waals surface area contributed by atoms with E-state index in [1.54, 1.807) is 0 Å². The number of hydrogen-bond acceptors (Lipinski definition) is 2. The summed E-state index contributed by atoms with van der Waals surface area (Å²) in [6.07, 6.45) is 3.89. The van der Waals surface area contributed by atoms with E-state index in [2.05, 4.69) is 25.7 Å². The van der Waals surface area contributed by atoms with E-state index < -0.39 is 0 Å². The highest BCUT2D eigenvalue weighted by Gasteiger charge is 2.28. The summed E-state index contributed by atoms with van der Waals surface area (Å²) >= 11 is 0. The highest BCUT2D eigenvalue weighted by Crippen LogP contribution is 2.29. The number of hydrogen-bond donors (Lipinski definition) is 1. The Morgan fingerprint density at radius 2 is 1.86 bits per heavy atom. The van der Waals surface area contributed by atoms with Gasteiger partial charge in [-0.25, -0.2) is 0 Å². The molecule has 0 aromatic carbocycles. The van der Waals surface area contributed by atoms with Crippen LogP contribution in [-0.4, -0.2) is 31.1 Å². The minimum Gasteiger partial charge on any atom is -0.330 e. The second-order valence-electron chi connectivity index (χ2n) is 5.54. The van der Waals surface area contributed by atoms with Crippen LogP contribution in [0.2, 0.25) is 0 Å². The summed E-state index contributed by atoms with van der Waals surface area (Å²) in [5.74, 6) is 0.831. The fourth-order valence-corrected chi connectivity index (χ4v) is 1.96. The molecule has 0 saturated carbocycles. The van der Waals surface area contributed by atoms with Crippen LogP contribution in [0, 0.1) is 11.3 Å². The van der Waals surface area contributed by atoms with Crippen molar-refractivity contribution in [1.82, 2.24) is 4.90 Å². The summed E-state index contributed by atoms with van der Waals surface area (Å²) in [7, 11) is 0. The zero-order valence-electron chi connectivity index (χ0n) is 10.1. The van der Waals surface area contributed by atoms with E-state index in [1.165, 1.54) is 38.9 Å². The average molecular weight is 198 g/mol. The molecule has 1 aliphatic rings. The molecule has 1 aliphatic heterocycles. The van der Waals surface area contributed by atoms with Gasteiger partial charge in [-0.3, -0.25) is 0 Å². The molecule has 1 rings (SSSR count).